The Morgan fingerprint density at radius 1 is 1.04 bits per heavy atom. The average Bonchev–Trinajstić information content (AvgIpc) is 3.15. The number of methoxy groups -OCH3 is 3. The predicted molar refractivity (Wildman–Crippen MR) is 105 cm³/mol. The first-order valence-electron chi connectivity index (χ1n) is 9.03. The largest absolute Gasteiger partial charge is 0.497 e. The fourth-order valence-electron chi connectivity index (χ4n) is 3.25. The molecule has 1 heterocycles. The van der Waals surface area contributed by atoms with Crippen LogP contribution in [0.2, 0.25) is 0 Å². The molecule has 0 spiro atoms. The first-order chi connectivity index (χ1) is 13.6. The van der Waals surface area contributed by atoms with Crippen molar-refractivity contribution in [3.63, 3.8) is 0 Å². The Labute approximate surface area is 164 Å². The first-order valence-corrected chi connectivity index (χ1v) is 9.03. The summed E-state index contributed by atoms with van der Waals surface area (Å²) in [6, 6.07) is 12.3. The summed E-state index contributed by atoms with van der Waals surface area (Å²) >= 11 is 0. The second-order valence-electron chi connectivity index (χ2n) is 6.37. The molecule has 3 rings (SSSR count). The van der Waals surface area contributed by atoms with E-state index in [-0.39, 0.29) is 18.5 Å². The van der Waals surface area contributed by atoms with E-state index in [2.05, 4.69) is 0 Å². The number of nitrogens with zero attached hydrogens (tertiary/aromatic N) is 2. The molecule has 0 unspecified atom stereocenters. The van der Waals surface area contributed by atoms with Crippen molar-refractivity contribution in [3.8, 4) is 17.2 Å². The van der Waals surface area contributed by atoms with Crippen LogP contribution in [0.3, 0.4) is 0 Å². The minimum atomic E-state index is -0.288. The molecule has 1 saturated heterocycles. The monoisotopic (exact) mass is 384 g/mol. The highest BCUT2D eigenvalue weighted by Gasteiger charge is 2.29. The predicted octanol–water partition coefficient (Wildman–Crippen LogP) is 2.94. The Bertz CT molecular complexity index is 868. The van der Waals surface area contributed by atoms with Crippen LogP contribution in [0.5, 0.6) is 17.2 Å². The zero-order chi connectivity index (χ0) is 20.1. The number of anilines is 1. The highest BCUT2D eigenvalue weighted by atomic mass is 16.5. The van der Waals surface area contributed by atoms with E-state index < -0.39 is 0 Å². The van der Waals surface area contributed by atoms with Crippen LogP contribution in [-0.4, -0.2) is 51.3 Å². The van der Waals surface area contributed by atoms with Gasteiger partial charge in [0.1, 0.15) is 23.9 Å². The third kappa shape index (κ3) is 3.88. The van der Waals surface area contributed by atoms with Gasteiger partial charge in [-0.1, -0.05) is 12.1 Å². The average molecular weight is 384 g/mol. The van der Waals surface area contributed by atoms with Gasteiger partial charge in [-0.3, -0.25) is 14.5 Å². The molecule has 2 aromatic rings. The van der Waals surface area contributed by atoms with Gasteiger partial charge in [-0.15, -0.1) is 0 Å². The van der Waals surface area contributed by atoms with Crippen LogP contribution >= 0.6 is 0 Å². The maximum absolute atomic E-state index is 13.5. The molecule has 0 saturated carbocycles. The van der Waals surface area contributed by atoms with E-state index in [4.69, 9.17) is 14.2 Å². The number of hydrogen-bond donors (Lipinski definition) is 0. The molecule has 2 aromatic carbocycles. The van der Waals surface area contributed by atoms with Crippen LogP contribution in [0.25, 0.3) is 0 Å². The number of para-hydroxylation sites is 2. The fraction of sp³-hybridized carbons (Fsp3) is 0.333. The quantitative estimate of drug-likeness (QED) is 0.734. The zero-order valence-electron chi connectivity index (χ0n) is 16.3. The van der Waals surface area contributed by atoms with Crippen molar-refractivity contribution in [2.24, 2.45) is 0 Å². The summed E-state index contributed by atoms with van der Waals surface area (Å²) in [5, 5.41) is 0. The van der Waals surface area contributed by atoms with Gasteiger partial charge < -0.3 is 19.1 Å². The molecular formula is C21H24N2O5. The van der Waals surface area contributed by atoms with Gasteiger partial charge in [0.15, 0.2) is 0 Å². The third-order valence-corrected chi connectivity index (χ3v) is 4.74. The highest BCUT2D eigenvalue weighted by molar-refractivity contribution is 6.09. The van der Waals surface area contributed by atoms with Gasteiger partial charge in [-0.25, -0.2) is 0 Å². The lowest BCUT2D eigenvalue weighted by Crippen LogP contribution is -2.42. The Balaban J connectivity index is 2.03. The minimum Gasteiger partial charge on any atom is -0.497 e. The van der Waals surface area contributed by atoms with Crippen molar-refractivity contribution in [2.45, 2.75) is 12.8 Å². The van der Waals surface area contributed by atoms with Gasteiger partial charge in [-0.05, 0) is 30.7 Å². The number of carbonyl (C=O) groups is 2. The number of likely N-dealkylation sites (tertiary alicyclic amines) is 1. The molecule has 0 aliphatic carbocycles. The Morgan fingerprint density at radius 2 is 1.79 bits per heavy atom. The topological polar surface area (TPSA) is 68.3 Å². The van der Waals surface area contributed by atoms with Gasteiger partial charge in [0.05, 0.1) is 32.6 Å². The Kier molecular flexibility index (Phi) is 6.03. The van der Waals surface area contributed by atoms with Crippen LogP contribution in [-0.2, 0) is 4.79 Å². The van der Waals surface area contributed by atoms with Gasteiger partial charge in [0, 0.05) is 19.0 Å². The summed E-state index contributed by atoms with van der Waals surface area (Å²) in [5.74, 6) is 1.29. The summed E-state index contributed by atoms with van der Waals surface area (Å²) in [6.07, 6.45) is 1.29. The van der Waals surface area contributed by atoms with Crippen LogP contribution in [0.4, 0.5) is 5.69 Å². The lowest BCUT2D eigenvalue weighted by atomic mass is 10.1. The van der Waals surface area contributed by atoms with Crippen molar-refractivity contribution in [3.05, 3.63) is 48.0 Å². The van der Waals surface area contributed by atoms with Crippen LogP contribution in [0.15, 0.2) is 42.5 Å². The van der Waals surface area contributed by atoms with E-state index >= 15 is 0 Å². The van der Waals surface area contributed by atoms with Gasteiger partial charge >= 0.3 is 0 Å². The fourth-order valence-corrected chi connectivity index (χ4v) is 3.25. The van der Waals surface area contributed by atoms with Crippen molar-refractivity contribution in [1.29, 1.82) is 0 Å². The molecule has 0 aromatic heterocycles. The number of carbonyl (C=O) groups excluding carboxylic acids is 2. The minimum absolute atomic E-state index is 0.0365. The number of ether oxygens (including phenoxy) is 3. The summed E-state index contributed by atoms with van der Waals surface area (Å²) in [5.41, 5.74) is 0.966. The highest BCUT2D eigenvalue weighted by Crippen LogP contribution is 2.32. The summed E-state index contributed by atoms with van der Waals surface area (Å²) in [7, 11) is 4.61. The van der Waals surface area contributed by atoms with Crippen molar-refractivity contribution < 1.29 is 23.8 Å². The lowest BCUT2D eigenvalue weighted by molar-refractivity contribution is -0.127. The summed E-state index contributed by atoms with van der Waals surface area (Å²) in [4.78, 5) is 28.9. The molecule has 1 aliphatic heterocycles. The van der Waals surface area contributed by atoms with E-state index in [1.807, 2.05) is 12.1 Å². The van der Waals surface area contributed by atoms with Gasteiger partial charge in [-0.2, -0.15) is 0 Å². The van der Waals surface area contributed by atoms with Gasteiger partial charge in [0.25, 0.3) is 5.91 Å². The smallest absolute Gasteiger partial charge is 0.263 e. The van der Waals surface area contributed by atoms with Crippen molar-refractivity contribution in [1.82, 2.24) is 4.90 Å². The molecule has 0 bridgehead atoms. The first kappa shape index (κ1) is 19.5. The van der Waals surface area contributed by atoms with E-state index in [9.17, 15) is 9.59 Å². The number of amides is 2. The number of rotatable bonds is 7. The maximum Gasteiger partial charge on any atom is 0.263 e. The molecule has 1 fully saturated rings. The normalized spacial score (nSPS) is 13.4. The molecule has 7 heteroatoms. The zero-order valence-corrected chi connectivity index (χ0v) is 16.3. The maximum atomic E-state index is 13.5. The standard InChI is InChI=1S/C21H24N2O5/c1-26-15-10-11-16(19(13-15)28-3)21(25)23(14-22-12-6-9-20(22)24)17-7-4-5-8-18(17)27-2/h4-5,7-8,10-11,13H,6,9,12,14H2,1-3H3. The molecule has 1 aliphatic rings. The molecule has 7 nitrogen and oxygen atoms in total. The van der Waals surface area contributed by atoms with E-state index in [1.165, 1.54) is 7.11 Å². The number of hydrogen-bond acceptors (Lipinski definition) is 5. The summed E-state index contributed by atoms with van der Waals surface area (Å²) < 4.78 is 16.1. The third-order valence-electron chi connectivity index (χ3n) is 4.74. The molecule has 2 amide bonds. The van der Waals surface area contributed by atoms with Crippen LogP contribution < -0.4 is 19.1 Å². The van der Waals surface area contributed by atoms with E-state index in [0.29, 0.717) is 41.5 Å². The molecular weight excluding hydrogens is 360 g/mol. The van der Waals surface area contributed by atoms with Crippen LogP contribution in [0, 0.1) is 0 Å². The Hall–Kier alpha value is -3.22. The van der Waals surface area contributed by atoms with Gasteiger partial charge in [0.2, 0.25) is 5.91 Å². The van der Waals surface area contributed by atoms with E-state index in [1.54, 1.807) is 54.4 Å². The molecule has 148 valence electrons. The molecule has 0 N–H and O–H groups in total. The second kappa shape index (κ2) is 8.65. The van der Waals surface area contributed by atoms with Crippen molar-refractivity contribution in [2.75, 3.05) is 39.4 Å². The second-order valence-corrected chi connectivity index (χ2v) is 6.37. The summed E-state index contributed by atoms with van der Waals surface area (Å²) in [6.45, 7) is 0.769. The molecule has 0 atom stereocenters. The Morgan fingerprint density at radius 3 is 2.43 bits per heavy atom. The lowest BCUT2D eigenvalue weighted by Gasteiger charge is -2.29. The van der Waals surface area contributed by atoms with Crippen LogP contribution in [0.1, 0.15) is 23.2 Å². The number of benzene rings is 2. The molecule has 0 radical (unpaired) electrons. The van der Waals surface area contributed by atoms with E-state index in [0.717, 1.165) is 6.42 Å². The SMILES string of the molecule is COc1ccc(C(=O)N(CN2CCCC2=O)c2ccccc2OC)c(OC)c1. The molecule has 28 heavy (non-hydrogen) atoms. The van der Waals surface area contributed by atoms with Crippen molar-refractivity contribution >= 4 is 17.5 Å².